The lowest BCUT2D eigenvalue weighted by molar-refractivity contribution is 0.0757. The van der Waals surface area contributed by atoms with Crippen molar-refractivity contribution in [2.45, 2.75) is 117 Å². The molecule has 0 aromatic rings. The van der Waals surface area contributed by atoms with E-state index in [4.69, 9.17) is 4.74 Å². The van der Waals surface area contributed by atoms with Crippen LogP contribution in [0.25, 0.3) is 0 Å². The van der Waals surface area contributed by atoms with E-state index in [9.17, 15) is 0 Å². The zero-order valence-corrected chi connectivity index (χ0v) is 15.7. The summed E-state index contributed by atoms with van der Waals surface area (Å²) in [7, 11) is 0. The maximum atomic E-state index is 5.55. The van der Waals surface area contributed by atoms with Crippen LogP contribution in [0, 0.1) is 0 Å². The van der Waals surface area contributed by atoms with Crippen molar-refractivity contribution < 1.29 is 4.74 Å². The summed E-state index contributed by atoms with van der Waals surface area (Å²) in [6.07, 6.45) is 24.3. The second-order valence-corrected chi connectivity index (χ2v) is 6.86. The standard InChI is InChI=1S/C21H42O/c1-4-5-6-7-8-9-10-11-12-13-14-15-16-17-18-19-20-22-21(2)3/h11-12,21H,4-10,13-20H2,1-3H3. The van der Waals surface area contributed by atoms with Crippen LogP contribution in [0.3, 0.4) is 0 Å². The minimum atomic E-state index is 0.392. The topological polar surface area (TPSA) is 9.23 Å². The maximum absolute atomic E-state index is 5.55. The lowest BCUT2D eigenvalue weighted by Gasteiger charge is -2.06. The van der Waals surface area contributed by atoms with Crippen molar-refractivity contribution in [2.24, 2.45) is 0 Å². The molecule has 0 rings (SSSR count). The average Bonchev–Trinajstić information content (AvgIpc) is 2.50. The zero-order chi connectivity index (χ0) is 16.3. The second-order valence-electron chi connectivity index (χ2n) is 6.86. The summed E-state index contributed by atoms with van der Waals surface area (Å²) >= 11 is 0. The first kappa shape index (κ1) is 21.7. The van der Waals surface area contributed by atoms with Gasteiger partial charge in [0.1, 0.15) is 0 Å². The van der Waals surface area contributed by atoms with Gasteiger partial charge in [-0.1, -0.05) is 76.9 Å². The molecule has 0 aliphatic carbocycles. The van der Waals surface area contributed by atoms with E-state index in [1.807, 2.05) is 0 Å². The van der Waals surface area contributed by atoms with Gasteiger partial charge < -0.3 is 4.74 Å². The van der Waals surface area contributed by atoms with E-state index in [0.717, 1.165) is 6.61 Å². The normalized spacial score (nSPS) is 11.8. The number of hydrogen-bond donors (Lipinski definition) is 0. The fraction of sp³-hybridized carbons (Fsp3) is 0.905. The highest BCUT2D eigenvalue weighted by Crippen LogP contribution is 2.10. The van der Waals surface area contributed by atoms with Crippen molar-refractivity contribution in [1.29, 1.82) is 0 Å². The zero-order valence-electron chi connectivity index (χ0n) is 15.7. The van der Waals surface area contributed by atoms with Crippen LogP contribution in [-0.4, -0.2) is 12.7 Å². The number of ether oxygens (including phenoxy) is 1. The SMILES string of the molecule is CCCCCCCCC=CCCCCCCCCOC(C)C. The number of hydrogen-bond acceptors (Lipinski definition) is 1. The molecule has 0 aliphatic heterocycles. The molecule has 0 aromatic heterocycles. The first-order valence-electron chi connectivity index (χ1n) is 10.0. The van der Waals surface area contributed by atoms with E-state index in [1.54, 1.807) is 0 Å². The third kappa shape index (κ3) is 19.7. The van der Waals surface area contributed by atoms with Gasteiger partial charge in [-0.15, -0.1) is 0 Å². The van der Waals surface area contributed by atoms with Crippen LogP contribution < -0.4 is 0 Å². The Kier molecular flexibility index (Phi) is 18.5. The fourth-order valence-corrected chi connectivity index (χ4v) is 2.67. The highest BCUT2D eigenvalue weighted by atomic mass is 16.5. The largest absolute Gasteiger partial charge is 0.379 e. The molecule has 0 spiro atoms. The van der Waals surface area contributed by atoms with Gasteiger partial charge in [-0.25, -0.2) is 0 Å². The summed E-state index contributed by atoms with van der Waals surface area (Å²) in [6, 6.07) is 0. The molecular formula is C21H42O. The second kappa shape index (κ2) is 18.7. The maximum Gasteiger partial charge on any atom is 0.0518 e. The molecule has 0 N–H and O–H groups in total. The smallest absolute Gasteiger partial charge is 0.0518 e. The van der Waals surface area contributed by atoms with Gasteiger partial charge in [0.25, 0.3) is 0 Å². The molecule has 0 unspecified atom stereocenters. The number of unbranched alkanes of at least 4 members (excludes halogenated alkanes) is 12. The third-order valence-corrected chi connectivity index (χ3v) is 4.11. The van der Waals surface area contributed by atoms with E-state index in [0.29, 0.717) is 6.10 Å². The molecule has 0 atom stereocenters. The monoisotopic (exact) mass is 310 g/mol. The van der Waals surface area contributed by atoms with Crippen molar-refractivity contribution in [1.82, 2.24) is 0 Å². The summed E-state index contributed by atoms with van der Waals surface area (Å²) in [5.41, 5.74) is 0. The quantitative estimate of drug-likeness (QED) is 0.200. The van der Waals surface area contributed by atoms with Crippen LogP contribution in [0.1, 0.15) is 111 Å². The Morgan fingerprint density at radius 2 is 1.09 bits per heavy atom. The molecule has 0 heterocycles. The summed E-state index contributed by atoms with van der Waals surface area (Å²) in [6.45, 7) is 7.45. The highest BCUT2D eigenvalue weighted by Gasteiger charge is 1.94. The molecule has 0 radical (unpaired) electrons. The van der Waals surface area contributed by atoms with Crippen LogP contribution >= 0.6 is 0 Å². The van der Waals surface area contributed by atoms with Gasteiger partial charge in [-0.05, 0) is 46.0 Å². The minimum Gasteiger partial charge on any atom is -0.379 e. The molecule has 1 heteroatoms. The Bertz CT molecular complexity index is 220. The number of rotatable bonds is 17. The molecule has 0 amide bonds. The summed E-state index contributed by atoms with van der Waals surface area (Å²) in [5, 5.41) is 0. The Labute approximate surface area is 140 Å². The average molecular weight is 311 g/mol. The first-order valence-corrected chi connectivity index (χ1v) is 10.0. The molecule has 0 aromatic carbocycles. The Hall–Kier alpha value is -0.300. The number of allylic oxidation sites excluding steroid dienone is 2. The van der Waals surface area contributed by atoms with Crippen molar-refractivity contribution in [2.75, 3.05) is 6.61 Å². The lowest BCUT2D eigenvalue weighted by Crippen LogP contribution is -2.03. The van der Waals surface area contributed by atoms with Gasteiger partial charge in [0, 0.05) is 6.61 Å². The van der Waals surface area contributed by atoms with E-state index >= 15 is 0 Å². The van der Waals surface area contributed by atoms with E-state index in [1.165, 1.54) is 89.9 Å². The van der Waals surface area contributed by atoms with Crippen LogP contribution in [-0.2, 0) is 4.74 Å². The summed E-state index contributed by atoms with van der Waals surface area (Å²) in [4.78, 5) is 0. The van der Waals surface area contributed by atoms with Crippen molar-refractivity contribution in [3.05, 3.63) is 12.2 Å². The molecule has 132 valence electrons. The van der Waals surface area contributed by atoms with Gasteiger partial charge in [-0.2, -0.15) is 0 Å². The van der Waals surface area contributed by atoms with E-state index in [2.05, 4.69) is 32.9 Å². The van der Waals surface area contributed by atoms with Gasteiger partial charge in [0.2, 0.25) is 0 Å². The molecule has 0 fully saturated rings. The Morgan fingerprint density at radius 3 is 1.59 bits per heavy atom. The fourth-order valence-electron chi connectivity index (χ4n) is 2.67. The van der Waals surface area contributed by atoms with Crippen molar-refractivity contribution in [3.8, 4) is 0 Å². The Morgan fingerprint density at radius 1 is 0.636 bits per heavy atom. The van der Waals surface area contributed by atoms with Crippen LogP contribution in [0.15, 0.2) is 12.2 Å². The third-order valence-electron chi connectivity index (χ3n) is 4.11. The van der Waals surface area contributed by atoms with Gasteiger partial charge in [0.05, 0.1) is 6.10 Å². The molecule has 0 bridgehead atoms. The predicted octanol–water partition coefficient (Wildman–Crippen LogP) is 7.45. The van der Waals surface area contributed by atoms with Crippen LogP contribution in [0.4, 0.5) is 0 Å². The first-order chi connectivity index (χ1) is 10.8. The molecule has 1 nitrogen and oxygen atoms in total. The van der Waals surface area contributed by atoms with Crippen LogP contribution in [0.5, 0.6) is 0 Å². The van der Waals surface area contributed by atoms with Crippen LogP contribution in [0.2, 0.25) is 0 Å². The summed E-state index contributed by atoms with van der Waals surface area (Å²) in [5.74, 6) is 0. The highest BCUT2D eigenvalue weighted by molar-refractivity contribution is 4.81. The Balaban J connectivity index is 3.05. The molecular weight excluding hydrogens is 268 g/mol. The van der Waals surface area contributed by atoms with Gasteiger partial charge >= 0.3 is 0 Å². The van der Waals surface area contributed by atoms with Gasteiger partial charge in [0.15, 0.2) is 0 Å². The van der Waals surface area contributed by atoms with E-state index < -0.39 is 0 Å². The van der Waals surface area contributed by atoms with E-state index in [-0.39, 0.29) is 0 Å². The molecule has 0 aliphatic rings. The molecule has 22 heavy (non-hydrogen) atoms. The minimum absolute atomic E-state index is 0.392. The molecule has 0 saturated heterocycles. The van der Waals surface area contributed by atoms with Crippen molar-refractivity contribution >= 4 is 0 Å². The van der Waals surface area contributed by atoms with Crippen molar-refractivity contribution in [3.63, 3.8) is 0 Å². The molecule has 0 saturated carbocycles. The summed E-state index contributed by atoms with van der Waals surface area (Å²) < 4.78 is 5.55. The predicted molar refractivity (Wildman–Crippen MR) is 101 cm³/mol. The van der Waals surface area contributed by atoms with Gasteiger partial charge in [-0.3, -0.25) is 0 Å². The lowest BCUT2D eigenvalue weighted by atomic mass is 10.1.